The lowest BCUT2D eigenvalue weighted by atomic mass is 9.90. The second-order valence-electron chi connectivity index (χ2n) is 7.45. The van der Waals surface area contributed by atoms with E-state index in [0.717, 1.165) is 18.4 Å². The number of hydrogen-bond acceptors (Lipinski definition) is 4. The van der Waals surface area contributed by atoms with E-state index in [9.17, 15) is 13.2 Å². The van der Waals surface area contributed by atoms with Gasteiger partial charge in [0.2, 0.25) is 10.0 Å². The van der Waals surface area contributed by atoms with Crippen LogP contribution in [0.3, 0.4) is 0 Å². The summed E-state index contributed by atoms with van der Waals surface area (Å²) in [6.45, 7) is 8.25. The average Bonchev–Trinajstić information content (AvgIpc) is 2.44. The lowest BCUT2D eigenvalue weighted by Gasteiger charge is -2.39. The zero-order valence-electron chi connectivity index (χ0n) is 14.7. The summed E-state index contributed by atoms with van der Waals surface area (Å²) >= 11 is 0. The molecule has 1 aliphatic rings. The minimum atomic E-state index is -3.72. The van der Waals surface area contributed by atoms with Gasteiger partial charge in [-0.25, -0.2) is 18.4 Å². The molecule has 6 nitrogen and oxygen atoms in total. The standard InChI is InChI=1S/C17H26N2O4S/c1-12-5-10-15(19(11-12)16(20)23-17(2,3)4)13-6-8-14(9-7-13)24(18,21)22/h6-9,12,15H,5,10-11H2,1-4H3,(H2,18,21,22). The van der Waals surface area contributed by atoms with Crippen LogP contribution in [-0.4, -0.2) is 31.6 Å². The summed E-state index contributed by atoms with van der Waals surface area (Å²) in [7, 11) is -3.72. The molecule has 2 atom stereocenters. The zero-order chi connectivity index (χ0) is 18.1. The summed E-state index contributed by atoms with van der Waals surface area (Å²) in [5.74, 6) is 0.400. The minimum Gasteiger partial charge on any atom is -0.444 e. The first-order chi connectivity index (χ1) is 11.0. The van der Waals surface area contributed by atoms with E-state index in [1.807, 2.05) is 20.8 Å². The van der Waals surface area contributed by atoms with Crippen molar-refractivity contribution < 1.29 is 17.9 Å². The molecule has 2 N–H and O–H groups in total. The van der Waals surface area contributed by atoms with E-state index < -0.39 is 15.6 Å². The maximum Gasteiger partial charge on any atom is 0.410 e. The van der Waals surface area contributed by atoms with Crippen LogP contribution in [0.1, 0.15) is 52.1 Å². The van der Waals surface area contributed by atoms with Gasteiger partial charge in [-0.05, 0) is 57.2 Å². The quantitative estimate of drug-likeness (QED) is 0.884. The van der Waals surface area contributed by atoms with Crippen LogP contribution < -0.4 is 5.14 Å². The highest BCUT2D eigenvalue weighted by molar-refractivity contribution is 7.89. The van der Waals surface area contributed by atoms with E-state index >= 15 is 0 Å². The Bertz CT molecular complexity index is 692. The van der Waals surface area contributed by atoms with Crippen molar-refractivity contribution in [2.24, 2.45) is 11.1 Å². The topological polar surface area (TPSA) is 89.7 Å². The van der Waals surface area contributed by atoms with Crippen LogP contribution in [0.15, 0.2) is 29.2 Å². The largest absolute Gasteiger partial charge is 0.444 e. The molecule has 0 saturated carbocycles. The molecule has 2 unspecified atom stereocenters. The fourth-order valence-corrected chi connectivity index (χ4v) is 3.42. The van der Waals surface area contributed by atoms with Gasteiger partial charge in [0.25, 0.3) is 0 Å². The SMILES string of the molecule is CC1CCC(c2ccc(S(N)(=O)=O)cc2)N(C(=O)OC(C)(C)C)C1. The molecule has 24 heavy (non-hydrogen) atoms. The van der Waals surface area contributed by atoms with Gasteiger partial charge in [0, 0.05) is 6.54 Å². The van der Waals surface area contributed by atoms with Crippen LogP contribution >= 0.6 is 0 Å². The molecule has 0 spiro atoms. The Balaban J connectivity index is 2.26. The molecule has 7 heteroatoms. The highest BCUT2D eigenvalue weighted by atomic mass is 32.2. The maximum atomic E-state index is 12.6. The van der Waals surface area contributed by atoms with Crippen LogP contribution in [-0.2, 0) is 14.8 Å². The number of likely N-dealkylation sites (tertiary alicyclic amines) is 1. The number of primary sulfonamides is 1. The molecule has 0 aromatic heterocycles. The Labute approximate surface area is 144 Å². The number of nitrogens with zero attached hydrogens (tertiary/aromatic N) is 1. The highest BCUT2D eigenvalue weighted by Gasteiger charge is 2.33. The third-order valence-corrected chi connectivity index (χ3v) is 4.97. The number of hydrogen-bond donors (Lipinski definition) is 1. The first-order valence-corrected chi connectivity index (χ1v) is 9.64. The Kier molecular flexibility index (Phi) is 5.25. The second-order valence-corrected chi connectivity index (χ2v) is 9.01. The average molecular weight is 354 g/mol. The molecule has 1 heterocycles. The first-order valence-electron chi connectivity index (χ1n) is 8.10. The zero-order valence-corrected chi connectivity index (χ0v) is 15.5. The lowest BCUT2D eigenvalue weighted by molar-refractivity contribution is 0.00363. The van der Waals surface area contributed by atoms with Gasteiger partial charge in [-0.2, -0.15) is 0 Å². The van der Waals surface area contributed by atoms with Gasteiger partial charge in [0.1, 0.15) is 5.60 Å². The molecule has 1 aliphatic heterocycles. The van der Waals surface area contributed by atoms with E-state index in [4.69, 9.17) is 9.88 Å². The number of rotatable bonds is 2. The summed E-state index contributed by atoms with van der Waals surface area (Å²) in [6, 6.07) is 6.28. The van der Waals surface area contributed by atoms with Crippen molar-refractivity contribution in [1.29, 1.82) is 0 Å². The number of nitrogens with two attached hydrogens (primary N) is 1. The van der Waals surface area contributed by atoms with Crippen molar-refractivity contribution in [1.82, 2.24) is 4.90 Å². The van der Waals surface area contributed by atoms with Crippen LogP contribution in [0.2, 0.25) is 0 Å². The number of sulfonamides is 1. The predicted octanol–water partition coefficient (Wildman–Crippen LogP) is 3.04. The van der Waals surface area contributed by atoms with Gasteiger partial charge >= 0.3 is 6.09 Å². The molecule has 0 bridgehead atoms. The molecule has 1 aromatic rings. The van der Waals surface area contributed by atoms with Gasteiger partial charge in [-0.3, -0.25) is 0 Å². The van der Waals surface area contributed by atoms with E-state index in [1.165, 1.54) is 12.1 Å². The fourth-order valence-electron chi connectivity index (χ4n) is 2.90. The predicted molar refractivity (Wildman–Crippen MR) is 91.9 cm³/mol. The molecule has 1 fully saturated rings. The number of carbonyl (C=O) groups is 1. The van der Waals surface area contributed by atoms with Crippen molar-refractivity contribution in [2.45, 2.75) is 57.1 Å². The molecule has 0 radical (unpaired) electrons. The van der Waals surface area contributed by atoms with E-state index in [1.54, 1.807) is 17.0 Å². The number of benzene rings is 1. The van der Waals surface area contributed by atoms with E-state index in [0.29, 0.717) is 12.5 Å². The van der Waals surface area contributed by atoms with Crippen molar-refractivity contribution >= 4 is 16.1 Å². The smallest absolute Gasteiger partial charge is 0.410 e. The lowest BCUT2D eigenvalue weighted by Crippen LogP contribution is -2.44. The number of ether oxygens (including phenoxy) is 1. The molecular formula is C17H26N2O4S. The van der Waals surface area contributed by atoms with Crippen LogP contribution in [0, 0.1) is 5.92 Å². The molecule has 134 valence electrons. The van der Waals surface area contributed by atoms with Crippen molar-refractivity contribution in [3.8, 4) is 0 Å². The Hall–Kier alpha value is -1.60. The van der Waals surface area contributed by atoms with Gasteiger partial charge in [0.15, 0.2) is 0 Å². The monoisotopic (exact) mass is 354 g/mol. The Morgan fingerprint density at radius 2 is 1.79 bits per heavy atom. The van der Waals surface area contributed by atoms with Gasteiger partial charge in [0.05, 0.1) is 10.9 Å². The molecule has 1 amide bonds. The summed E-state index contributed by atoms with van der Waals surface area (Å²) in [4.78, 5) is 14.4. The summed E-state index contributed by atoms with van der Waals surface area (Å²) in [5.41, 5.74) is 0.333. The van der Waals surface area contributed by atoms with Crippen LogP contribution in [0.25, 0.3) is 0 Å². The molecule has 1 aromatic carbocycles. The normalized spacial score (nSPS) is 22.3. The van der Waals surface area contributed by atoms with Gasteiger partial charge in [-0.15, -0.1) is 0 Å². The number of amides is 1. The summed E-state index contributed by atoms with van der Waals surface area (Å²) < 4.78 is 28.3. The molecule has 2 rings (SSSR count). The van der Waals surface area contributed by atoms with E-state index in [2.05, 4.69) is 6.92 Å². The van der Waals surface area contributed by atoms with Crippen LogP contribution in [0.5, 0.6) is 0 Å². The van der Waals surface area contributed by atoms with Crippen molar-refractivity contribution in [3.05, 3.63) is 29.8 Å². The number of piperidine rings is 1. The van der Waals surface area contributed by atoms with Crippen molar-refractivity contribution in [3.63, 3.8) is 0 Å². The van der Waals surface area contributed by atoms with Gasteiger partial charge < -0.3 is 9.64 Å². The molecule has 0 aliphatic carbocycles. The summed E-state index contributed by atoms with van der Waals surface area (Å²) in [5, 5.41) is 5.14. The third-order valence-electron chi connectivity index (χ3n) is 4.04. The Morgan fingerprint density at radius 1 is 1.21 bits per heavy atom. The minimum absolute atomic E-state index is 0.0687. The maximum absolute atomic E-state index is 12.6. The van der Waals surface area contributed by atoms with Gasteiger partial charge in [-0.1, -0.05) is 19.1 Å². The number of carbonyl (C=O) groups excluding carboxylic acids is 1. The van der Waals surface area contributed by atoms with Crippen molar-refractivity contribution in [2.75, 3.05) is 6.54 Å². The van der Waals surface area contributed by atoms with Crippen LogP contribution in [0.4, 0.5) is 4.79 Å². The highest BCUT2D eigenvalue weighted by Crippen LogP contribution is 2.34. The van der Waals surface area contributed by atoms with E-state index in [-0.39, 0.29) is 17.0 Å². The summed E-state index contributed by atoms with van der Waals surface area (Å²) in [6.07, 6.45) is 1.48. The Morgan fingerprint density at radius 3 is 2.29 bits per heavy atom. The first kappa shape index (κ1) is 18.7. The molecular weight excluding hydrogens is 328 g/mol. The molecule has 1 saturated heterocycles. The fraction of sp³-hybridized carbons (Fsp3) is 0.588. The second kappa shape index (κ2) is 6.72. The third kappa shape index (κ3) is 4.70.